The summed E-state index contributed by atoms with van der Waals surface area (Å²) in [6.07, 6.45) is 6.01. The van der Waals surface area contributed by atoms with Crippen LogP contribution < -0.4 is 5.32 Å². The summed E-state index contributed by atoms with van der Waals surface area (Å²) in [6, 6.07) is 2.90. The van der Waals surface area contributed by atoms with Crippen LogP contribution in [0, 0.1) is 24.5 Å². The second kappa shape index (κ2) is 6.66. The lowest BCUT2D eigenvalue weighted by Gasteiger charge is -2.31. The monoisotopic (exact) mass is 281 g/mol. The van der Waals surface area contributed by atoms with Gasteiger partial charge in [-0.3, -0.25) is 0 Å². The minimum atomic E-state index is -0.329. The molecule has 1 aliphatic rings. The van der Waals surface area contributed by atoms with Crippen molar-refractivity contribution in [2.75, 3.05) is 0 Å². The van der Waals surface area contributed by atoms with Gasteiger partial charge in [-0.2, -0.15) is 0 Å². The molecule has 0 radical (unpaired) electrons. The molecule has 112 valence electrons. The van der Waals surface area contributed by atoms with Gasteiger partial charge in [0.15, 0.2) is 0 Å². The van der Waals surface area contributed by atoms with E-state index in [1.165, 1.54) is 31.4 Å². The van der Waals surface area contributed by atoms with Gasteiger partial charge in [-0.1, -0.05) is 13.3 Å². The van der Waals surface area contributed by atoms with Crippen molar-refractivity contribution >= 4 is 0 Å². The minimum Gasteiger partial charge on any atom is -0.307 e. The van der Waals surface area contributed by atoms with E-state index in [0.29, 0.717) is 17.2 Å². The highest BCUT2D eigenvalue weighted by Gasteiger charge is 2.22. The first-order valence-corrected chi connectivity index (χ1v) is 7.72. The van der Waals surface area contributed by atoms with E-state index >= 15 is 0 Å². The molecule has 3 heteroatoms. The predicted octanol–water partition coefficient (Wildman–Crippen LogP) is 4.89. The molecule has 1 nitrogen and oxygen atoms in total. The summed E-state index contributed by atoms with van der Waals surface area (Å²) in [5.41, 5.74) is 0.799. The summed E-state index contributed by atoms with van der Waals surface area (Å²) in [4.78, 5) is 0. The lowest BCUT2D eigenvalue weighted by Crippen LogP contribution is -2.35. The zero-order valence-electron chi connectivity index (χ0n) is 12.7. The Morgan fingerprint density at radius 3 is 2.40 bits per heavy atom. The van der Waals surface area contributed by atoms with Crippen molar-refractivity contribution in [2.24, 2.45) is 5.92 Å². The van der Waals surface area contributed by atoms with Gasteiger partial charge in [-0.15, -0.1) is 0 Å². The fraction of sp³-hybridized carbons (Fsp3) is 0.647. The Hall–Kier alpha value is -0.960. The molecule has 0 amide bonds. The van der Waals surface area contributed by atoms with Gasteiger partial charge in [0, 0.05) is 17.6 Å². The normalized spacial score (nSPS) is 24.6. The third kappa shape index (κ3) is 3.57. The second-order valence-corrected chi connectivity index (χ2v) is 6.14. The van der Waals surface area contributed by atoms with Crippen LogP contribution in [0.3, 0.4) is 0 Å². The number of nitrogens with one attached hydrogen (secondary N) is 1. The molecule has 1 N–H and O–H groups in total. The molecule has 0 saturated heterocycles. The molecular formula is C17H25F2N. The van der Waals surface area contributed by atoms with Crippen molar-refractivity contribution in [3.8, 4) is 0 Å². The van der Waals surface area contributed by atoms with Crippen LogP contribution in [-0.4, -0.2) is 6.04 Å². The summed E-state index contributed by atoms with van der Waals surface area (Å²) in [5.74, 6) is 0.202. The quantitative estimate of drug-likeness (QED) is 0.828. The van der Waals surface area contributed by atoms with E-state index < -0.39 is 0 Å². The molecule has 2 rings (SSSR count). The zero-order chi connectivity index (χ0) is 14.7. The average molecular weight is 281 g/mol. The van der Waals surface area contributed by atoms with Gasteiger partial charge in [-0.05, 0) is 63.1 Å². The lowest BCUT2D eigenvalue weighted by atomic mass is 9.84. The Morgan fingerprint density at radius 1 is 1.15 bits per heavy atom. The van der Waals surface area contributed by atoms with Gasteiger partial charge in [0.2, 0.25) is 0 Å². The average Bonchev–Trinajstić information content (AvgIpc) is 2.43. The molecule has 1 aromatic rings. The van der Waals surface area contributed by atoms with E-state index in [4.69, 9.17) is 0 Å². The third-order valence-electron chi connectivity index (χ3n) is 4.65. The maximum atomic E-state index is 13.9. The van der Waals surface area contributed by atoms with Crippen LogP contribution in [-0.2, 0) is 0 Å². The summed E-state index contributed by atoms with van der Waals surface area (Å²) in [7, 11) is 0. The van der Waals surface area contributed by atoms with Gasteiger partial charge in [0.25, 0.3) is 0 Å². The summed E-state index contributed by atoms with van der Waals surface area (Å²) < 4.78 is 27.5. The van der Waals surface area contributed by atoms with Crippen molar-refractivity contribution in [1.82, 2.24) is 5.32 Å². The van der Waals surface area contributed by atoms with E-state index in [-0.39, 0.29) is 17.7 Å². The minimum absolute atomic E-state index is 0.145. The standard InChI is InChI=1S/C17H25F2N/c1-4-13-5-7-14(8-6-13)20-12(3)15-10-16(18)11(2)9-17(15)19/h9-10,12-14,20H,4-8H2,1-3H3. The Morgan fingerprint density at radius 2 is 1.80 bits per heavy atom. The van der Waals surface area contributed by atoms with Gasteiger partial charge < -0.3 is 5.32 Å². The first-order valence-electron chi connectivity index (χ1n) is 7.72. The highest BCUT2D eigenvalue weighted by Crippen LogP contribution is 2.29. The number of aryl methyl sites for hydroxylation is 1. The van der Waals surface area contributed by atoms with Crippen LogP contribution in [0.25, 0.3) is 0 Å². The van der Waals surface area contributed by atoms with Crippen molar-refractivity contribution in [1.29, 1.82) is 0 Å². The molecule has 1 aromatic carbocycles. The SMILES string of the molecule is CCC1CCC(NC(C)c2cc(F)c(C)cc2F)CC1. The van der Waals surface area contributed by atoms with Crippen molar-refractivity contribution in [3.63, 3.8) is 0 Å². The topological polar surface area (TPSA) is 12.0 Å². The predicted molar refractivity (Wildman–Crippen MR) is 78.7 cm³/mol. The van der Waals surface area contributed by atoms with E-state index in [2.05, 4.69) is 12.2 Å². The number of hydrogen-bond donors (Lipinski definition) is 1. The van der Waals surface area contributed by atoms with Crippen LogP contribution in [0.4, 0.5) is 8.78 Å². The maximum Gasteiger partial charge on any atom is 0.128 e. The van der Waals surface area contributed by atoms with Crippen LogP contribution >= 0.6 is 0 Å². The molecule has 1 atom stereocenters. The smallest absolute Gasteiger partial charge is 0.128 e. The van der Waals surface area contributed by atoms with Gasteiger partial charge in [0.05, 0.1) is 0 Å². The van der Waals surface area contributed by atoms with Crippen molar-refractivity contribution < 1.29 is 8.78 Å². The number of benzene rings is 1. The second-order valence-electron chi connectivity index (χ2n) is 6.14. The Bertz CT molecular complexity index is 451. The van der Waals surface area contributed by atoms with Crippen molar-refractivity contribution in [2.45, 2.75) is 65.0 Å². The molecule has 1 saturated carbocycles. The zero-order valence-corrected chi connectivity index (χ0v) is 12.7. The largest absolute Gasteiger partial charge is 0.307 e. The molecular weight excluding hydrogens is 256 g/mol. The van der Waals surface area contributed by atoms with Crippen LogP contribution in [0.1, 0.15) is 63.1 Å². The molecule has 0 bridgehead atoms. The summed E-state index contributed by atoms with van der Waals surface area (Å²) in [6.45, 7) is 5.75. The van der Waals surface area contributed by atoms with E-state index in [1.807, 2.05) is 6.92 Å². The molecule has 0 heterocycles. The van der Waals surface area contributed by atoms with Crippen LogP contribution in [0.5, 0.6) is 0 Å². The fourth-order valence-corrected chi connectivity index (χ4v) is 3.17. The van der Waals surface area contributed by atoms with Crippen LogP contribution in [0.15, 0.2) is 12.1 Å². The first-order chi connectivity index (χ1) is 9.51. The first kappa shape index (κ1) is 15.4. The highest BCUT2D eigenvalue weighted by atomic mass is 19.1. The summed E-state index contributed by atoms with van der Waals surface area (Å²) in [5, 5.41) is 3.46. The maximum absolute atomic E-state index is 13.9. The number of halogens is 2. The number of rotatable bonds is 4. The fourth-order valence-electron chi connectivity index (χ4n) is 3.17. The van der Waals surface area contributed by atoms with Crippen LogP contribution in [0.2, 0.25) is 0 Å². The Kier molecular flexibility index (Phi) is 5.14. The number of hydrogen-bond acceptors (Lipinski definition) is 1. The van der Waals surface area contributed by atoms with Gasteiger partial charge in [-0.25, -0.2) is 8.78 Å². The van der Waals surface area contributed by atoms with E-state index in [0.717, 1.165) is 18.8 Å². The molecule has 20 heavy (non-hydrogen) atoms. The van der Waals surface area contributed by atoms with Gasteiger partial charge in [0.1, 0.15) is 11.6 Å². The van der Waals surface area contributed by atoms with Crippen molar-refractivity contribution in [3.05, 3.63) is 34.9 Å². The van der Waals surface area contributed by atoms with E-state index in [9.17, 15) is 8.78 Å². The van der Waals surface area contributed by atoms with E-state index in [1.54, 1.807) is 6.92 Å². The van der Waals surface area contributed by atoms with Gasteiger partial charge >= 0.3 is 0 Å². The molecule has 1 unspecified atom stereocenters. The third-order valence-corrected chi connectivity index (χ3v) is 4.65. The molecule has 0 aromatic heterocycles. The molecule has 0 aliphatic heterocycles. The lowest BCUT2D eigenvalue weighted by molar-refractivity contribution is 0.272. The molecule has 1 aliphatic carbocycles. The summed E-state index contributed by atoms with van der Waals surface area (Å²) >= 11 is 0. The Balaban J connectivity index is 1.98. The Labute approximate surface area is 120 Å². The molecule has 1 fully saturated rings. The highest BCUT2D eigenvalue weighted by molar-refractivity contribution is 5.27. The molecule has 0 spiro atoms.